The van der Waals surface area contributed by atoms with Gasteiger partial charge in [0.25, 0.3) is 0 Å². The Morgan fingerprint density at radius 2 is 2.29 bits per heavy atom. The van der Waals surface area contributed by atoms with Crippen LogP contribution < -0.4 is 0 Å². The number of nitrogens with zero attached hydrogens (tertiary/aromatic N) is 2. The zero-order valence-electron chi connectivity index (χ0n) is 9.34. The van der Waals surface area contributed by atoms with E-state index < -0.39 is 10.0 Å². The summed E-state index contributed by atoms with van der Waals surface area (Å²) in [5.74, 6) is 1.90. The summed E-state index contributed by atoms with van der Waals surface area (Å²) in [5, 5.41) is 0. The lowest BCUT2D eigenvalue weighted by atomic mass is 10.3. The monoisotopic (exact) mass is 336 g/mol. The van der Waals surface area contributed by atoms with E-state index in [1.807, 2.05) is 0 Å². The second-order valence-electron chi connectivity index (χ2n) is 3.88. The molecule has 1 saturated heterocycles. The summed E-state index contributed by atoms with van der Waals surface area (Å²) in [6.45, 7) is 0. The first-order chi connectivity index (χ1) is 8.01. The second-order valence-corrected chi connectivity index (χ2v) is 7.94. The van der Waals surface area contributed by atoms with Crippen molar-refractivity contribution in [1.29, 1.82) is 0 Å². The number of rotatable bonds is 3. The Bertz CT molecular complexity index is 501. The Hall–Kier alpha value is -0.110. The minimum atomic E-state index is -3.42. The maximum absolute atomic E-state index is 12.3. The van der Waals surface area contributed by atoms with E-state index in [1.54, 1.807) is 31.1 Å². The lowest BCUT2D eigenvalue weighted by molar-refractivity contribution is 0.394. The number of hydrogen-bond acceptors (Lipinski definition) is 4. The van der Waals surface area contributed by atoms with Gasteiger partial charge in [-0.05, 0) is 34.2 Å². The van der Waals surface area contributed by atoms with Crippen LogP contribution in [0.1, 0.15) is 6.42 Å². The van der Waals surface area contributed by atoms with Crippen molar-refractivity contribution >= 4 is 37.7 Å². The normalized spacial score (nSPS) is 21.0. The maximum Gasteiger partial charge on any atom is 0.244 e. The van der Waals surface area contributed by atoms with Crippen molar-refractivity contribution in [2.24, 2.45) is 0 Å². The molecule has 4 nitrogen and oxygen atoms in total. The number of sulfonamides is 1. The van der Waals surface area contributed by atoms with Gasteiger partial charge in [-0.25, -0.2) is 8.42 Å². The first-order valence-electron chi connectivity index (χ1n) is 5.18. The summed E-state index contributed by atoms with van der Waals surface area (Å²) in [6.07, 6.45) is 3.88. The highest BCUT2D eigenvalue weighted by Gasteiger charge is 2.30. The molecule has 0 saturated carbocycles. The molecule has 1 aromatic heterocycles. The van der Waals surface area contributed by atoms with Crippen LogP contribution in [0.15, 0.2) is 27.8 Å². The number of thioether (sulfide) groups is 1. The first-order valence-corrected chi connectivity index (χ1v) is 8.57. The van der Waals surface area contributed by atoms with Crippen molar-refractivity contribution in [2.45, 2.75) is 17.4 Å². The highest BCUT2D eigenvalue weighted by atomic mass is 79.9. The van der Waals surface area contributed by atoms with Gasteiger partial charge in [-0.15, -0.1) is 0 Å². The Morgan fingerprint density at radius 1 is 1.53 bits per heavy atom. The lowest BCUT2D eigenvalue weighted by Gasteiger charge is -2.22. The van der Waals surface area contributed by atoms with E-state index in [4.69, 9.17) is 0 Å². The van der Waals surface area contributed by atoms with Gasteiger partial charge in [0.05, 0.1) is 0 Å². The molecule has 0 spiro atoms. The van der Waals surface area contributed by atoms with Gasteiger partial charge in [0.1, 0.15) is 4.90 Å². The van der Waals surface area contributed by atoms with Crippen molar-refractivity contribution in [2.75, 3.05) is 18.6 Å². The summed E-state index contributed by atoms with van der Waals surface area (Å²) >= 11 is 5.03. The molecule has 1 unspecified atom stereocenters. The highest BCUT2D eigenvalue weighted by Crippen LogP contribution is 2.26. The zero-order chi connectivity index (χ0) is 12.5. The van der Waals surface area contributed by atoms with Crippen LogP contribution in [0.2, 0.25) is 0 Å². The highest BCUT2D eigenvalue weighted by molar-refractivity contribution is 9.10. The van der Waals surface area contributed by atoms with Crippen molar-refractivity contribution in [1.82, 2.24) is 9.29 Å². The van der Waals surface area contributed by atoms with E-state index in [1.165, 1.54) is 10.5 Å². The molecule has 94 valence electrons. The molecule has 2 heterocycles. The molecule has 0 aliphatic carbocycles. The molecule has 0 aromatic carbocycles. The van der Waals surface area contributed by atoms with E-state index in [-0.39, 0.29) is 10.9 Å². The molecule has 0 bridgehead atoms. The van der Waals surface area contributed by atoms with Crippen LogP contribution in [0.3, 0.4) is 0 Å². The van der Waals surface area contributed by atoms with Crippen LogP contribution in [0, 0.1) is 0 Å². The smallest absolute Gasteiger partial charge is 0.244 e. The third-order valence-corrected chi connectivity index (χ3v) is 6.23. The molecule has 0 radical (unpaired) electrons. The number of pyridine rings is 1. The minimum absolute atomic E-state index is 0.101. The van der Waals surface area contributed by atoms with Gasteiger partial charge in [0.15, 0.2) is 0 Å². The quantitative estimate of drug-likeness (QED) is 0.846. The molecule has 0 amide bonds. The van der Waals surface area contributed by atoms with Gasteiger partial charge in [0, 0.05) is 35.7 Å². The van der Waals surface area contributed by atoms with Gasteiger partial charge in [0.2, 0.25) is 10.0 Å². The zero-order valence-corrected chi connectivity index (χ0v) is 12.6. The third-order valence-electron chi connectivity index (χ3n) is 2.78. The minimum Gasteiger partial charge on any atom is -0.262 e. The lowest BCUT2D eigenvalue weighted by Crippen LogP contribution is -2.37. The fourth-order valence-corrected chi connectivity index (χ4v) is 4.96. The Kier molecular flexibility index (Phi) is 4.12. The number of hydrogen-bond donors (Lipinski definition) is 0. The van der Waals surface area contributed by atoms with Crippen LogP contribution in [0.25, 0.3) is 0 Å². The standard InChI is InChI=1S/C10H13BrN2O2S2/c1-13(9-2-3-16-7-9)17(14,15)10-4-8(11)5-12-6-10/h4-6,9H,2-3,7H2,1H3. The first kappa shape index (κ1) is 13.3. The SMILES string of the molecule is CN(C1CCSC1)S(=O)(=O)c1cncc(Br)c1. The summed E-state index contributed by atoms with van der Waals surface area (Å²) in [6, 6.07) is 1.69. The summed E-state index contributed by atoms with van der Waals surface area (Å²) in [5.41, 5.74) is 0. The van der Waals surface area contributed by atoms with E-state index in [0.717, 1.165) is 17.9 Å². The van der Waals surface area contributed by atoms with Crippen molar-refractivity contribution in [3.63, 3.8) is 0 Å². The van der Waals surface area contributed by atoms with Crippen molar-refractivity contribution in [3.8, 4) is 0 Å². The molecular weight excluding hydrogens is 324 g/mol. The number of aromatic nitrogens is 1. The van der Waals surface area contributed by atoms with Crippen LogP contribution in [-0.2, 0) is 10.0 Å². The molecule has 1 aliphatic heterocycles. The second kappa shape index (κ2) is 5.26. The Labute approximate surface area is 114 Å². The van der Waals surface area contributed by atoms with Crippen molar-refractivity contribution < 1.29 is 8.42 Å². The molecule has 1 aliphatic rings. The van der Waals surface area contributed by atoms with Crippen LogP contribution in [-0.4, -0.2) is 42.3 Å². The van der Waals surface area contributed by atoms with Gasteiger partial charge < -0.3 is 0 Å². The van der Waals surface area contributed by atoms with Crippen LogP contribution >= 0.6 is 27.7 Å². The van der Waals surface area contributed by atoms with Gasteiger partial charge in [-0.2, -0.15) is 16.1 Å². The maximum atomic E-state index is 12.3. The van der Waals surface area contributed by atoms with Gasteiger partial charge >= 0.3 is 0 Å². The predicted molar refractivity (Wildman–Crippen MR) is 72.6 cm³/mol. The van der Waals surface area contributed by atoms with Gasteiger partial charge in [-0.3, -0.25) is 4.98 Å². The number of halogens is 1. The third kappa shape index (κ3) is 2.83. The molecule has 7 heteroatoms. The largest absolute Gasteiger partial charge is 0.262 e. The predicted octanol–water partition coefficient (Wildman–Crippen LogP) is 1.97. The molecule has 2 rings (SSSR count). The van der Waals surface area contributed by atoms with E-state index >= 15 is 0 Å². The topological polar surface area (TPSA) is 50.3 Å². The van der Waals surface area contributed by atoms with E-state index in [9.17, 15) is 8.42 Å². The molecule has 1 aromatic rings. The average Bonchev–Trinajstić information content (AvgIpc) is 2.81. The van der Waals surface area contributed by atoms with Crippen molar-refractivity contribution in [3.05, 3.63) is 22.9 Å². The fourth-order valence-electron chi connectivity index (χ4n) is 1.70. The average molecular weight is 337 g/mol. The van der Waals surface area contributed by atoms with E-state index in [2.05, 4.69) is 20.9 Å². The molecule has 17 heavy (non-hydrogen) atoms. The van der Waals surface area contributed by atoms with E-state index in [0.29, 0.717) is 4.47 Å². The van der Waals surface area contributed by atoms with Crippen LogP contribution in [0.4, 0.5) is 0 Å². The Morgan fingerprint density at radius 3 is 2.88 bits per heavy atom. The molecule has 1 atom stereocenters. The molecule has 1 fully saturated rings. The molecular formula is C10H13BrN2O2S2. The summed E-state index contributed by atoms with van der Waals surface area (Å²) in [7, 11) is -1.77. The van der Waals surface area contributed by atoms with Gasteiger partial charge in [-0.1, -0.05) is 0 Å². The fraction of sp³-hybridized carbons (Fsp3) is 0.500. The molecule has 0 N–H and O–H groups in total. The Balaban J connectivity index is 2.29. The van der Waals surface area contributed by atoms with Crippen LogP contribution in [0.5, 0.6) is 0 Å². The summed E-state index contributed by atoms with van der Waals surface area (Å²) < 4.78 is 26.8. The summed E-state index contributed by atoms with van der Waals surface area (Å²) in [4.78, 5) is 4.14.